The maximum atomic E-state index is 5.54. The highest BCUT2D eigenvalue weighted by Crippen LogP contribution is 2.28. The predicted molar refractivity (Wildman–Crippen MR) is 79.0 cm³/mol. The summed E-state index contributed by atoms with van der Waals surface area (Å²) in [6.07, 6.45) is 6.28. The van der Waals surface area contributed by atoms with Crippen LogP contribution in [0.2, 0.25) is 0 Å². The van der Waals surface area contributed by atoms with Crippen molar-refractivity contribution >= 4 is 5.69 Å². The minimum atomic E-state index is 0.510. The summed E-state index contributed by atoms with van der Waals surface area (Å²) < 4.78 is 5.54. The van der Waals surface area contributed by atoms with E-state index in [2.05, 4.69) is 35.8 Å². The number of benzene rings is 1. The highest BCUT2D eigenvalue weighted by molar-refractivity contribution is 5.52. The van der Waals surface area contributed by atoms with E-state index in [9.17, 15) is 0 Å². The van der Waals surface area contributed by atoms with Gasteiger partial charge in [-0.05, 0) is 56.5 Å². The summed E-state index contributed by atoms with van der Waals surface area (Å²) in [7, 11) is 0. The summed E-state index contributed by atoms with van der Waals surface area (Å²) in [6, 6.07) is 7.67. The molecule has 0 aliphatic carbocycles. The van der Waals surface area contributed by atoms with Gasteiger partial charge in [0.2, 0.25) is 0 Å². The lowest BCUT2D eigenvalue weighted by molar-refractivity contribution is 0.357. The molecular weight excluding hydrogens is 236 g/mol. The second-order valence-electron chi connectivity index (χ2n) is 5.85. The maximum Gasteiger partial charge on any atom is 0.122 e. The summed E-state index contributed by atoms with van der Waals surface area (Å²) in [5.74, 6) is 1.06. The molecule has 0 aromatic heterocycles. The molecule has 2 aliphatic heterocycles. The van der Waals surface area contributed by atoms with E-state index in [1.807, 2.05) is 0 Å². The van der Waals surface area contributed by atoms with E-state index >= 15 is 0 Å². The molecule has 2 N–H and O–H groups in total. The Bertz CT molecular complexity index is 427. The zero-order valence-corrected chi connectivity index (χ0v) is 11.7. The van der Waals surface area contributed by atoms with E-state index in [1.54, 1.807) is 0 Å². The Morgan fingerprint density at radius 3 is 3.21 bits per heavy atom. The molecule has 1 fully saturated rings. The number of hydrogen-bond acceptors (Lipinski definition) is 3. The van der Waals surface area contributed by atoms with Gasteiger partial charge in [-0.25, -0.2) is 0 Å². The molecule has 2 atom stereocenters. The van der Waals surface area contributed by atoms with E-state index < -0.39 is 0 Å². The van der Waals surface area contributed by atoms with Crippen molar-refractivity contribution in [2.75, 3.05) is 18.5 Å². The van der Waals surface area contributed by atoms with Gasteiger partial charge in [-0.2, -0.15) is 0 Å². The fourth-order valence-corrected chi connectivity index (χ4v) is 3.17. The van der Waals surface area contributed by atoms with Crippen molar-refractivity contribution in [2.24, 2.45) is 0 Å². The van der Waals surface area contributed by atoms with Gasteiger partial charge in [0, 0.05) is 24.2 Å². The van der Waals surface area contributed by atoms with Crippen LogP contribution in [0.3, 0.4) is 0 Å². The van der Waals surface area contributed by atoms with Gasteiger partial charge in [0.1, 0.15) is 5.75 Å². The van der Waals surface area contributed by atoms with Crippen LogP contribution >= 0.6 is 0 Å². The van der Waals surface area contributed by atoms with Crippen molar-refractivity contribution in [3.63, 3.8) is 0 Å². The molecule has 0 radical (unpaired) electrons. The van der Waals surface area contributed by atoms with Crippen LogP contribution in [-0.2, 0) is 6.42 Å². The van der Waals surface area contributed by atoms with Crippen LogP contribution < -0.4 is 15.4 Å². The Labute approximate surface area is 115 Å². The molecule has 3 rings (SSSR count). The fourth-order valence-electron chi connectivity index (χ4n) is 3.17. The summed E-state index contributed by atoms with van der Waals surface area (Å²) in [4.78, 5) is 0. The van der Waals surface area contributed by atoms with E-state index in [1.165, 1.54) is 43.5 Å². The van der Waals surface area contributed by atoms with Crippen molar-refractivity contribution in [3.05, 3.63) is 23.8 Å². The number of hydrogen-bond donors (Lipinski definition) is 2. The third-order valence-electron chi connectivity index (χ3n) is 4.15. The third kappa shape index (κ3) is 3.21. The van der Waals surface area contributed by atoms with E-state index in [0.29, 0.717) is 12.1 Å². The molecule has 19 heavy (non-hydrogen) atoms. The van der Waals surface area contributed by atoms with Crippen molar-refractivity contribution in [3.8, 4) is 5.75 Å². The number of anilines is 1. The Morgan fingerprint density at radius 1 is 1.42 bits per heavy atom. The molecule has 104 valence electrons. The van der Waals surface area contributed by atoms with Crippen LogP contribution in [0.1, 0.15) is 38.2 Å². The molecular formula is C16H24N2O. The summed E-state index contributed by atoms with van der Waals surface area (Å²) >= 11 is 0. The number of rotatable bonds is 4. The lowest BCUT2D eigenvalue weighted by atomic mass is 9.98. The van der Waals surface area contributed by atoms with Crippen molar-refractivity contribution in [1.82, 2.24) is 5.32 Å². The van der Waals surface area contributed by atoms with Crippen molar-refractivity contribution in [1.29, 1.82) is 0 Å². The summed E-state index contributed by atoms with van der Waals surface area (Å²) in [5, 5.41) is 7.24. The average molecular weight is 260 g/mol. The smallest absolute Gasteiger partial charge is 0.122 e. The van der Waals surface area contributed by atoms with Crippen LogP contribution in [0.4, 0.5) is 5.69 Å². The maximum absolute atomic E-state index is 5.54. The van der Waals surface area contributed by atoms with Crippen molar-refractivity contribution < 1.29 is 4.74 Å². The zero-order chi connectivity index (χ0) is 13.1. The minimum Gasteiger partial charge on any atom is -0.493 e. The Balaban J connectivity index is 1.55. The lowest BCUT2D eigenvalue weighted by Gasteiger charge is -2.27. The molecule has 3 heteroatoms. The first-order valence-corrected chi connectivity index (χ1v) is 7.57. The molecule has 2 aliphatic rings. The predicted octanol–water partition coefficient (Wildman–Crippen LogP) is 2.95. The first kappa shape index (κ1) is 12.8. The number of nitrogens with one attached hydrogen (secondary N) is 2. The van der Waals surface area contributed by atoms with Crippen LogP contribution in [-0.4, -0.2) is 25.2 Å². The number of piperidine rings is 1. The standard InChI is InChI=1S/C16H24N2O/c1-12(10-14-4-2-3-8-17-14)18-15-5-6-16-13(11-15)7-9-19-16/h5-6,11-12,14,17-18H,2-4,7-10H2,1H3. The number of ether oxygens (including phenoxy) is 1. The van der Waals surface area contributed by atoms with Crippen LogP contribution in [0.15, 0.2) is 18.2 Å². The lowest BCUT2D eigenvalue weighted by Crippen LogP contribution is -2.37. The van der Waals surface area contributed by atoms with Gasteiger partial charge < -0.3 is 15.4 Å². The van der Waals surface area contributed by atoms with Crippen LogP contribution in [0.25, 0.3) is 0 Å². The quantitative estimate of drug-likeness (QED) is 0.873. The molecule has 2 heterocycles. The monoisotopic (exact) mass is 260 g/mol. The van der Waals surface area contributed by atoms with E-state index in [4.69, 9.17) is 4.74 Å². The van der Waals surface area contributed by atoms with Gasteiger partial charge in [0.15, 0.2) is 0 Å². The first-order chi connectivity index (χ1) is 9.31. The van der Waals surface area contributed by atoms with Crippen LogP contribution in [0, 0.1) is 0 Å². The molecule has 3 nitrogen and oxygen atoms in total. The summed E-state index contributed by atoms with van der Waals surface area (Å²) in [5.41, 5.74) is 2.57. The Hall–Kier alpha value is -1.22. The highest BCUT2D eigenvalue weighted by Gasteiger charge is 2.17. The Kier molecular flexibility index (Phi) is 3.92. The molecule has 0 saturated carbocycles. The Morgan fingerprint density at radius 2 is 2.37 bits per heavy atom. The van der Waals surface area contributed by atoms with Gasteiger partial charge in [0.05, 0.1) is 6.61 Å². The molecule has 0 spiro atoms. The van der Waals surface area contributed by atoms with Gasteiger partial charge in [0.25, 0.3) is 0 Å². The SMILES string of the molecule is CC(CC1CCCCN1)Nc1ccc2c(c1)CCO2. The first-order valence-electron chi connectivity index (χ1n) is 7.57. The average Bonchev–Trinajstić information content (AvgIpc) is 2.87. The fraction of sp³-hybridized carbons (Fsp3) is 0.625. The van der Waals surface area contributed by atoms with E-state index in [-0.39, 0.29) is 0 Å². The number of fused-ring (bicyclic) bond motifs is 1. The molecule has 1 saturated heterocycles. The van der Waals surface area contributed by atoms with Gasteiger partial charge >= 0.3 is 0 Å². The summed E-state index contributed by atoms with van der Waals surface area (Å²) in [6.45, 7) is 4.30. The topological polar surface area (TPSA) is 33.3 Å². The van der Waals surface area contributed by atoms with Gasteiger partial charge in [-0.15, -0.1) is 0 Å². The minimum absolute atomic E-state index is 0.510. The zero-order valence-electron chi connectivity index (χ0n) is 11.7. The molecule has 1 aromatic carbocycles. The normalized spacial score (nSPS) is 23.5. The third-order valence-corrected chi connectivity index (χ3v) is 4.15. The molecule has 0 amide bonds. The second kappa shape index (κ2) is 5.83. The van der Waals surface area contributed by atoms with Crippen LogP contribution in [0.5, 0.6) is 5.75 Å². The molecule has 0 bridgehead atoms. The largest absolute Gasteiger partial charge is 0.493 e. The van der Waals surface area contributed by atoms with E-state index in [0.717, 1.165) is 18.8 Å². The van der Waals surface area contributed by atoms with Gasteiger partial charge in [-0.1, -0.05) is 6.42 Å². The van der Waals surface area contributed by atoms with Crippen molar-refractivity contribution in [2.45, 2.75) is 51.1 Å². The highest BCUT2D eigenvalue weighted by atomic mass is 16.5. The molecule has 2 unspecified atom stereocenters. The molecule has 1 aromatic rings. The second-order valence-corrected chi connectivity index (χ2v) is 5.85. The van der Waals surface area contributed by atoms with Gasteiger partial charge in [-0.3, -0.25) is 0 Å².